The van der Waals surface area contributed by atoms with Gasteiger partial charge in [-0.25, -0.2) is 0 Å². The molecular formula is C13H18Cl2N2O. The number of carbonyl (C=O) groups excluding carboxylic acids is 1. The predicted molar refractivity (Wildman–Crippen MR) is 76.2 cm³/mol. The molecule has 1 fully saturated rings. The standard InChI is InChI=1S/C13H17ClN2O.ClH/c1-15-8-12(17)16-13(9-2-3-9)10-4-6-11(14)7-5-10;/h4-7,9,13,15H,2-3,8H2,1H3,(H,16,17);1H. The van der Waals surface area contributed by atoms with Crippen LogP contribution in [0.15, 0.2) is 24.3 Å². The van der Waals surface area contributed by atoms with Gasteiger partial charge in [0, 0.05) is 5.02 Å². The summed E-state index contributed by atoms with van der Waals surface area (Å²) in [5, 5.41) is 6.66. The Hall–Kier alpha value is -0.770. The van der Waals surface area contributed by atoms with Crippen molar-refractivity contribution in [3.63, 3.8) is 0 Å². The fourth-order valence-electron chi connectivity index (χ4n) is 1.96. The molecule has 0 spiro atoms. The molecule has 1 saturated carbocycles. The Bertz CT molecular complexity index is 390. The summed E-state index contributed by atoms with van der Waals surface area (Å²) < 4.78 is 0. The second-order valence-electron chi connectivity index (χ2n) is 4.46. The summed E-state index contributed by atoms with van der Waals surface area (Å²) in [5.41, 5.74) is 1.14. The number of hydrogen-bond donors (Lipinski definition) is 2. The maximum absolute atomic E-state index is 11.6. The Kier molecular flexibility index (Phi) is 5.93. The molecule has 100 valence electrons. The van der Waals surface area contributed by atoms with E-state index in [0.717, 1.165) is 10.6 Å². The van der Waals surface area contributed by atoms with Crippen molar-refractivity contribution >= 4 is 29.9 Å². The van der Waals surface area contributed by atoms with Crippen LogP contribution < -0.4 is 10.6 Å². The van der Waals surface area contributed by atoms with E-state index in [1.807, 2.05) is 24.3 Å². The van der Waals surface area contributed by atoms with Gasteiger partial charge in [0.05, 0.1) is 12.6 Å². The van der Waals surface area contributed by atoms with Gasteiger partial charge >= 0.3 is 0 Å². The van der Waals surface area contributed by atoms with E-state index in [0.29, 0.717) is 12.5 Å². The lowest BCUT2D eigenvalue weighted by molar-refractivity contribution is -0.121. The molecule has 1 amide bonds. The first-order chi connectivity index (χ1) is 8.20. The molecule has 5 heteroatoms. The van der Waals surface area contributed by atoms with E-state index in [4.69, 9.17) is 11.6 Å². The molecule has 1 aliphatic carbocycles. The topological polar surface area (TPSA) is 41.1 Å². The average Bonchev–Trinajstić information content (AvgIpc) is 3.12. The van der Waals surface area contributed by atoms with E-state index < -0.39 is 0 Å². The molecule has 0 bridgehead atoms. The van der Waals surface area contributed by atoms with Gasteiger partial charge in [-0.2, -0.15) is 0 Å². The lowest BCUT2D eigenvalue weighted by Gasteiger charge is -2.18. The lowest BCUT2D eigenvalue weighted by Crippen LogP contribution is -2.35. The van der Waals surface area contributed by atoms with Crippen LogP contribution in [0, 0.1) is 5.92 Å². The molecule has 2 rings (SSSR count). The molecule has 1 atom stereocenters. The number of hydrogen-bond acceptors (Lipinski definition) is 2. The molecule has 1 aromatic carbocycles. The van der Waals surface area contributed by atoms with Crippen molar-refractivity contribution in [1.82, 2.24) is 10.6 Å². The molecule has 1 aromatic rings. The molecule has 0 heterocycles. The van der Waals surface area contributed by atoms with Gasteiger partial charge in [-0.15, -0.1) is 12.4 Å². The molecule has 0 saturated heterocycles. The maximum Gasteiger partial charge on any atom is 0.234 e. The molecule has 1 aliphatic rings. The Morgan fingerprint density at radius 3 is 2.50 bits per heavy atom. The minimum atomic E-state index is 0. The number of halogens is 2. The van der Waals surface area contributed by atoms with Crippen LogP contribution in [-0.4, -0.2) is 19.5 Å². The molecule has 1 unspecified atom stereocenters. The number of carbonyl (C=O) groups is 1. The largest absolute Gasteiger partial charge is 0.348 e. The number of likely N-dealkylation sites (N-methyl/N-ethyl adjacent to an activating group) is 1. The van der Waals surface area contributed by atoms with Crippen LogP contribution in [0.5, 0.6) is 0 Å². The zero-order valence-electron chi connectivity index (χ0n) is 10.3. The van der Waals surface area contributed by atoms with Gasteiger partial charge in [0.25, 0.3) is 0 Å². The first-order valence-electron chi connectivity index (χ1n) is 5.90. The smallest absolute Gasteiger partial charge is 0.234 e. The Morgan fingerprint density at radius 2 is 2.00 bits per heavy atom. The summed E-state index contributed by atoms with van der Waals surface area (Å²) in [4.78, 5) is 11.6. The third kappa shape index (κ3) is 4.16. The van der Waals surface area contributed by atoms with Crippen LogP contribution in [-0.2, 0) is 4.79 Å². The molecular weight excluding hydrogens is 271 g/mol. The zero-order chi connectivity index (χ0) is 12.3. The van der Waals surface area contributed by atoms with Crippen LogP contribution >= 0.6 is 24.0 Å². The van der Waals surface area contributed by atoms with Crippen molar-refractivity contribution in [3.05, 3.63) is 34.9 Å². The predicted octanol–water partition coefficient (Wildman–Crippen LogP) is 2.55. The number of benzene rings is 1. The van der Waals surface area contributed by atoms with E-state index in [1.54, 1.807) is 7.05 Å². The van der Waals surface area contributed by atoms with Crippen molar-refractivity contribution in [1.29, 1.82) is 0 Å². The van der Waals surface area contributed by atoms with Crippen molar-refractivity contribution in [2.45, 2.75) is 18.9 Å². The van der Waals surface area contributed by atoms with E-state index in [1.165, 1.54) is 12.8 Å². The molecule has 2 N–H and O–H groups in total. The fraction of sp³-hybridized carbons (Fsp3) is 0.462. The van der Waals surface area contributed by atoms with E-state index in [-0.39, 0.29) is 24.4 Å². The molecule has 0 aromatic heterocycles. The van der Waals surface area contributed by atoms with E-state index in [2.05, 4.69) is 10.6 Å². The molecule has 3 nitrogen and oxygen atoms in total. The zero-order valence-corrected chi connectivity index (χ0v) is 11.9. The summed E-state index contributed by atoms with van der Waals surface area (Å²) in [7, 11) is 1.77. The third-order valence-corrected chi connectivity index (χ3v) is 3.23. The minimum absolute atomic E-state index is 0. The van der Waals surface area contributed by atoms with Gasteiger partial charge in [-0.1, -0.05) is 23.7 Å². The van der Waals surface area contributed by atoms with Crippen molar-refractivity contribution in [2.75, 3.05) is 13.6 Å². The van der Waals surface area contributed by atoms with Gasteiger partial charge in [0.1, 0.15) is 0 Å². The number of amides is 1. The van der Waals surface area contributed by atoms with Gasteiger partial charge < -0.3 is 10.6 Å². The summed E-state index contributed by atoms with van der Waals surface area (Å²) in [5.74, 6) is 0.622. The minimum Gasteiger partial charge on any atom is -0.348 e. The van der Waals surface area contributed by atoms with Crippen LogP contribution in [0.3, 0.4) is 0 Å². The first kappa shape index (κ1) is 15.3. The number of nitrogens with one attached hydrogen (secondary N) is 2. The number of rotatable bonds is 5. The second kappa shape index (κ2) is 6.98. The molecule has 0 radical (unpaired) electrons. The van der Waals surface area contributed by atoms with Gasteiger partial charge in [-0.3, -0.25) is 4.79 Å². The SMILES string of the molecule is CNCC(=O)NC(c1ccc(Cl)cc1)C1CC1.Cl. The highest BCUT2D eigenvalue weighted by Crippen LogP contribution is 2.41. The fourth-order valence-corrected chi connectivity index (χ4v) is 2.08. The Morgan fingerprint density at radius 1 is 1.39 bits per heavy atom. The highest BCUT2D eigenvalue weighted by Gasteiger charge is 2.33. The third-order valence-electron chi connectivity index (χ3n) is 2.98. The quantitative estimate of drug-likeness (QED) is 0.874. The summed E-state index contributed by atoms with van der Waals surface area (Å²) in [6, 6.07) is 7.86. The highest BCUT2D eigenvalue weighted by molar-refractivity contribution is 6.30. The van der Waals surface area contributed by atoms with Crippen molar-refractivity contribution in [3.8, 4) is 0 Å². The normalized spacial score (nSPS) is 15.7. The van der Waals surface area contributed by atoms with Crippen LogP contribution in [0.1, 0.15) is 24.4 Å². The monoisotopic (exact) mass is 288 g/mol. The summed E-state index contributed by atoms with van der Waals surface area (Å²) >= 11 is 5.87. The van der Waals surface area contributed by atoms with Gasteiger partial charge in [-0.05, 0) is 43.5 Å². The molecule has 0 aliphatic heterocycles. The summed E-state index contributed by atoms with van der Waals surface area (Å²) in [6.45, 7) is 0.358. The van der Waals surface area contributed by atoms with Crippen LogP contribution in [0.4, 0.5) is 0 Å². The van der Waals surface area contributed by atoms with E-state index >= 15 is 0 Å². The summed E-state index contributed by atoms with van der Waals surface area (Å²) in [6.07, 6.45) is 2.38. The van der Waals surface area contributed by atoms with E-state index in [9.17, 15) is 4.79 Å². The Labute approximate surface area is 119 Å². The van der Waals surface area contributed by atoms with Crippen LogP contribution in [0.25, 0.3) is 0 Å². The van der Waals surface area contributed by atoms with Crippen molar-refractivity contribution < 1.29 is 4.79 Å². The van der Waals surface area contributed by atoms with Crippen molar-refractivity contribution in [2.24, 2.45) is 5.92 Å². The second-order valence-corrected chi connectivity index (χ2v) is 4.90. The molecule has 18 heavy (non-hydrogen) atoms. The Balaban J connectivity index is 0.00000162. The lowest BCUT2D eigenvalue weighted by atomic mass is 10.0. The maximum atomic E-state index is 11.6. The highest BCUT2D eigenvalue weighted by atomic mass is 35.5. The van der Waals surface area contributed by atoms with Gasteiger partial charge in [0.2, 0.25) is 5.91 Å². The van der Waals surface area contributed by atoms with Crippen LogP contribution in [0.2, 0.25) is 5.02 Å². The average molecular weight is 289 g/mol. The first-order valence-corrected chi connectivity index (χ1v) is 6.28. The van der Waals surface area contributed by atoms with Gasteiger partial charge in [0.15, 0.2) is 0 Å².